The topological polar surface area (TPSA) is 105 Å². The molecule has 0 saturated carbocycles. The summed E-state index contributed by atoms with van der Waals surface area (Å²) in [6, 6.07) is 4.44. The minimum absolute atomic E-state index is 0.121. The zero-order chi connectivity index (χ0) is 14.7. The molecular formula is C13H12N4O3. The van der Waals surface area contributed by atoms with Gasteiger partial charge in [-0.2, -0.15) is 0 Å². The fourth-order valence-electron chi connectivity index (χ4n) is 1.61. The van der Waals surface area contributed by atoms with Crippen LogP contribution in [0.25, 0.3) is 0 Å². The summed E-state index contributed by atoms with van der Waals surface area (Å²) in [6.45, 7) is 3.60. The summed E-state index contributed by atoms with van der Waals surface area (Å²) in [4.78, 5) is 34.5. The van der Waals surface area contributed by atoms with Crippen molar-refractivity contribution in [2.75, 3.05) is 5.32 Å². The molecule has 0 spiro atoms. The van der Waals surface area contributed by atoms with Crippen LogP contribution in [-0.2, 0) is 0 Å². The highest BCUT2D eigenvalue weighted by Crippen LogP contribution is 2.07. The highest BCUT2D eigenvalue weighted by molar-refractivity contribution is 6.03. The number of aryl methyl sites for hydroxylation is 2. The average molecular weight is 272 g/mol. The number of carboxylic acid groups (broad SMARTS) is 1. The van der Waals surface area contributed by atoms with Crippen LogP contribution in [0.4, 0.5) is 5.95 Å². The Bertz CT molecular complexity index is 648. The predicted molar refractivity (Wildman–Crippen MR) is 70.7 cm³/mol. The third-order valence-corrected chi connectivity index (χ3v) is 2.45. The largest absolute Gasteiger partial charge is 0.477 e. The van der Waals surface area contributed by atoms with Gasteiger partial charge in [0, 0.05) is 17.6 Å². The van der Waals surface area contributed by atoms with E-state index in [1.165, 1.54) is 18.3 Å². The van der Waals surface area contributed by atoms with Crippen LogP contribution in [-0.4, -0.2) is 31.9 Å². The molecule has 0 saturated heterocycles. The van der Waals surface area contributed by atoms with Crippen LogP contribution in [0.1, 0.15) is 32.2 Å². The number of amides is 1. The molecule has 20 heavy (non-hydrogen) atoms. The van der Waals surface area contributed by atoms with Crippen molar-refractivity contribution in [1.82, 2.24) is 15.0 Å². The van der Waals surface area contributed by atoms with Gasteiger partial charge in [-0.05, 0) is 32.0 Å². The second-order valence-corrected chi connectivity index (χ2v) is 4.17. The maximum absolute atomic E-state index is 11.9. The van der Waals surface area contributed by atoms with Crippen LogP contribution in [0.3, 0.4) is 0 Å². The summed E-state index contributed by atoms with van der Waals surface area (Å²) in [6.07, 6.45) is 1.20. The van der Waals surface area contributed by atoms with Crippen LogP contribution < -0.4 is 5.32 Å². The summed E-state index contributed by atoms with van der Waals surface area (Å²) in [5.74, 6) is -1.39. The monoisotopic (exact) mass is 272 g/mol. The van der Waals surface area contributed by atoms with Gasteiger partial charge in [0.15, 0.2) is 0 Å². The number of anilines is 1. The quantitative estimate of drug-likeness (QED) is 0.875. The van der Waals surface area contributed by atoms with Crippen LogP contribution in [0, 0.1) is 13.8 Å². The van der Waals surface area contributed by atoms with Crippen molar-refractivity contribution < 1.29 is 14.7 Å². The molecule has 7 nitrogen and oxygen atoms in total. The first kappa shape index (κ1) is 13.6. The first-order chi connectivity index (χ1) is 9.45. The molecule has 0 radical (unpaired) electrons. The highest BCUT2D eigenvalue weighted by Gasteiger charge is 2.11. The van der Waals surface area contributed by atoms with Gasteiger partial charge in [0.2, 0.25) is 5.95 Å². The lowest BCUT2D eigenvalue weighted by molar-refractivity contribution is 0.0690. The zero-order valence-corrected chi connectivity index (χ0v) is 10.9. The number of nitrogens with zero attached hydrogens (tertiary/aromatic N) is 3. The fourth-order valence-corrected chi connectivity index (χ4v) is 1.61. The molecule has 102 valence electrons. The van der Waals surface area contributed by atoms with Crippen molar-refractivity contribution in [2.24, 2.45) is 0 Å². The Morgan fingerprint density at radius 3 is 2.30 bits per heavy atom. The number of rotatable bonds is 3. The number of nitrogens with one attached hydrogen (secondary N) is 1. The third kappa shape index (κ3) is 3.14. The second kappa shape index (κ2) is 5.43. The first-order valence-corrected chi connectivity index (χ1v) is 5.78. The van der Waals surface area contributed by atoms with Crippen molar-refractivity contribution in [3.63, 3.8) is 0 Å². The minimum Gasteiger partial charge on any atom is -0.477 e. The van der Waals surface area contributed by atoms with Crippen molar-refractivity contribution in [3.8, 4) is 0 Å². The number of aromatic nitrogens is 3. The maximum Gasteiger partial charge on any atom is 0.354 e. The lowest BCUT2D eigenvalue weighted by Crippen LogP contribution is -2.15. The smallest absolute Gasteiger partial charge is 0.354 e. The second-order valence-electron chi connectivity index (χ2n) is 4.17. The average Bonchev–Trinajstić information content (AvgIpc) is 2.37. The normalized spacial score (nSPS) is 10.1. The summed E-state index contributed by atoms with van der Waals surface area (Å²) in [7, 11) is 0. The van der Waals surface area contributed by atoms with Gasteiger partial charge in [0.05, 0.1) is 5.56 Å². The van der Waals surface area contributed by atoms with E-state index in [0.717, 1.165) is 11.4 Å². The van der Waals surface area contributed by atoms with Gasteiger partial charge < -0.3 is 5.11 Å². The summed E-state index contributed by atoms with van der Waals surface area (Å²) in [5, 5.41) is 11.3. The molecule has 2 aromatic rings. The molecule has 2 aromatic heterocycles. The zero-order valence-electron chi connectivity index (χ0n) is 10.9. The Morgan fingerprint density at radius 1 is 1.15 bits per heavy atom. The first-order valence-electron chi connectivity index (χ1n) is 5.78. The van der Waals surface area contributed by atoms with Crippen molar-refractivity contribution >= 4 is 17.8 Å². The van der Waals surface area contributed by atoms with E-state index in [9.17, 15) is 9.59 Å². The molecule has 0 aliphatic rings. The minimum atomic E-state index is -1.14. The summed E-state index contributed by atoms with van der Waals surface area (Å²) >= 11 is 0. The van der Waals surface area contributed by atoms with Crippen molar-refractivity contribution in [2.45, 2.75) is 13.8 Å². The Labute approximate surface area is 114 Å². The molecule has 7 heteroatoms. The molecule has 0 atom stereocenters. The molecule has 2 N–H and O–H groups in total. The van der Waals surface area contributed by atoms with E-state index < -0.39 is 11.9 Å². The maximum atomic E-state index is 11.9. The molecule has 2 rings (SSSR count). The standard InChI is InChI=1S/C13H12N4O3/c1-7-5-8(2)16-13(15-7)17-11(18)9-3-4-10(12(19)20)14-6-9/h3-6H,1-2H3,(H,19,20)(H,15,16,17,18). The molecule has 0 aliphatic heterocycles. The van der Waals surface area contributed by atoms with E-state index in [2.05, 4.69) is 20.3 Å². The van der Waals surface area contributed by atoms with E-state index in [1.807, 2.05) is 0 Å². The van der Waals surface area contributed by atoms with Gasteiger partial charge in [-0.15, -0.1) is 0 Å². The highest BCUT2D eigenvalue weighted by atomic mass is 16.4. The number of carbonyl (C=O) groups excluding carboxylic acids is 1. The Kier molecular flexibility index (Phi) is 3.69. The van der Waals surface area contributed by atoms with E-state index >= 15 is 0 Å². The molecule has 0 unspecified atom stereocenters. The summed E-state index contributed by atoms with van der Waals surface area (Å²) in [5.41, 5.74) is 1.60. The van der Waals surface area contributed by atoms with Gasteiger partial charge in [-0.1, -0.05) is 0 Å². The molecule has 0 aromatic carbocycles. The Balaban J connectivity index is 2.17. The SMILES string of the molecule is Cc1cc(C)nc(NC(=O)c2ccc(C(=O)O)nc2)n1. The van der Waals surface area contributed by atoms with E-state index in [1.54, 1.807) is 19.9 Å². The van der Waals surface area contributed by atoms with Gasteiger partial charge in [0.25, 0.3) is 5.91 Å². The molecule has 0 fully saturated rings. The lowest BCUT2D eigenvalue weighted by Gasteiger charge is -2.05. The van der Waals surface area contributed by atoms with Gasteiger partial charge in [-0.3, -0.25) is 10.1 Å². The molecule has 1 amide bonds. The number of hydrogen-bond acceptors (Lipinski definition) is 5. The number of pyridine rings is 1. The summed E-state index contributed by atoms with van der Waals surface area (Å²) < 4.78 is 0. The van der Waals surface area contributed by atoms with Gasteiger partial charge >= 0.3 is 5.97 Å². The van der Waals surface area contributed by atoms with Crippen LogP contribution in [0.5, 0.6) is 0 Å². The van der Waals surface area contributed by atoms with Gasteiger partial charge in [0.1, 0.15) is 5.69 Å². The Hall–Kier alpha value is -2.83. The molecule has 0 bridgehead atoms. The van der Waals surface area contributed by atoms with Crippen molar-refractivity contribution in [1.29, 1.82) is 0 Å². The fraction of sp³-hybridized carbons (Fsp3) is 0.154. The van der Waals surface area contributed by atoms with Gasteiger partial charge in [-0.25, -0.2) is 19.7 Å². The van der Waals surface area contributed by atoms with Crippen molar-refractivity contribution in [3.05, 3.63) is 47.0 Å². The number of carboxylic acids is 1. The number of hydrogen-bond donors (Lipinski definition) is 2. The van der Waals surface area contributed by atoms with E-state index in [4.69, 9.17) is 5.11 Å². The van der Waals surface area contributed by atoms with Crippen LogP contribution >= 0.6 is 0 Å². The van der Waals surface area contributed by atoms with Crippen LogP contribution in [0.15, 0.2) is 24.4 Å². The van der Waals surface area contributed by atoms with E-state index in [-0.39, 0.29) is 17.2 Å². The molecule has 0 aliphatic carbocycles. The predicted octanol–water partition coefficient (Wildman–Crippen LogP) is 1.44. The Morgan fingerprint density at radius 2 is 1.80 bits per heavy atom. The lowest BCUT2D eigenvalue weighted by atomic mass is 10.2. The third-order valence-electron chi connectivity index (χ3n) is 2.45. The van der Waals surface area contributed by atoms with Crippen LogP contribution in [0.2, 0.25) is 0 Å². The molecule has 2 heterocycles. The van der Waals surface area contributed by atoms with E-state index in [0.29, 0.717) is 0 Å². The molecular weight excluding hydrogens is 260 g/mol. The number of aromatic carboxylic acids is 1. The number of carbonyl (C=O) groups is 2.